The Morgan fingerprint density at radius 3 is 2.48 bits per heavy atom. The number of fused-ring (bicyclic) bond motifs is 5. The Morgan fingerprint density at radius 1 is 1.06 bits per heavy atom. The van der Waals surface area contributed by atoms with Gasteiger partial charge in [0, 0.05) is 32.1 Å². The molecule has 4 aliphatic carbocycles. The van der Waals surface area contributed by atoms with Crippen LogP contribution in [0.5, 0.6) is 0 Å². The minimum absolute atomic E-state index is 0.0221. The summed E-state index contributed by atoms with van der Waals surface area (Å²) in [5.41, 5.74) is 0.796. The van der Waals surface area contributed by atoms with Crippen LogP contribution in [0.25, 0.3) is 0 Å². The van der Waals surface area contributed by atoms with Gasteiger partial charge < -0.3 is 9.47 Å². The third kappa shape index (κ3) is 3.66. The third-order valence-corrected chi connectivity index (χ3v) is 9.00. The molecule has 3 fully saturated rings. The van der Waals surface area contributed by atoms with E-state index in [1.165, 1.54) is 19.4 Å². The van der Waals surface area contributed by atoms with Crippen molar-refractivity contribution in [2.45, 2.75) is 78.7 Å². The first-order valence-electron chi connectivity index (χ1n) is 11.6. The molecule has 6 nitrogen and oxygen atoms in total. The van der Waals surface area contributed by atoms with Crippen molar-refractivity contribution >= 4 is 23.5 Å². The summed E-state index contributed by atoms with van der Waals surface area (Å²) >= 11 is 0. The zero-order valence-electron chi connectivity index (χ0n) is 19.1. The quantitative estimate of drug-likeness (QED) is 0.631. The van der Waals surface area contributed by atoms with Crippen LogP contribution in [-0.2, 0) is 28.7 Å². The number of ketones is 2. The van der Waals surface area contributed by atoms with E-state index in [2.05, 4.69) is 13.8 Å². The van der Waals surface area contributed by atoms with E-state index < -0.39 is 5.97 Å². The summed E-state index contributed by atoms with van der Waals surface area (Å²) in [7, 11) is 0. The van der Waals surface area contributed by atoms with Crippen molar-refractivity contribution in [3.8, 4) is 0 Å². The predicted octanol–water partition coefficient (Wildman–Crippen LogP) is 3.81. The highest BCUT2D eigenvalue weighted by atomic mass is 16.5. The lowest BCUT2D eigenvalue weighted by molar-refractivity contribution is -0.177. The van der Waals surface area contributed by atoms with Crippen molar-refractivity contribution in [2.24, 2.45) is 34.5 Å². The van der Waals surface area contributed by atoms with Crippen molar-refractivity contribution in [3.63, 3.8) is 0 Å². The maximum Gasteiger partial charge on any atom is 0.303 e. The van der Waals surface area contributed by atoms with E-state index >= 15 is 0 Å². The Morgan fingerprint density at radius 2 is 1.81 bits per heavy atom. The molecule has 0 N–H and O–H groups in total. The summed E-state index contributed by atoms with van der Waals surface area (Å²) in [6, 6.07) is 0. The number of allylic oxidation sites excluding steroid dienone is 1. The zero-order valence-corrected chi connectivity index (χ0v) is 19.1. The smallest absolute Gasteiger partial charge is 0.303 e. The number of ether oxygens (including phenoxy) is 2. The van der Waals surface area contributed by atoms with Crippen molar-refractivity contribution in [1.29, 1.82) is 0 Å². The van der Waals surface area contributed by atoms with E-state index in [4.69, 9.17) is 9.47 Å². The maximum absolute atomic E-state index is 13.0. The van der Waals surface area contributed by atoms with Gasteiger partial charge in [-0.25, -0.2) is 0 Å². The molecule has 0 spiro atoms. The molecule has 0 heterocycles. The number of rotatable bonds is 4. The van der Waals surface area contributed by atoms with Gasteiger partial charge in [-0.1, -0.05) is 19.4 Å². The molecule has 0 bridgehead atoms. The first kappa shape index (κ1) is 22.2. The molecule has 31 heavy (non-hydrogen) atoms. The van der Waals surface area contributed by atoms with Crippen LogP contribution in [0.4, 0.5) is 0 Å². The van der Waals surface area contributed by atoms with Gasteiger partial charge in [0.1, 0.15) is 12.7 Å². The normalized spacial score (nSPS) is 41.4. The van der Waals surface area contributed by atoms with Gasteiger partial charge in [-0.15, -0.1) is 0 Å². The lowest BCUT2D eigenvalue weighted by Gasteiger charge is -2.60. The summed E-state index contributed by atoms with van der Waals surface area (Å²) in [4.78, 5) is 48.4. The number of Topliss-reactive ketones (excluding diaryl/α,β-unsaturated/α-hetero) is 1. The Balaban J connectivity index is 1.68. The van der Waals surface area contributed by atoms with Gasteiger partial charge in [0.2, 0.25) is 0 Å². The Kier molecular flexibility index (Phi) is 5.63. The van der Waals surface area contributed by atoms with E-state index in [-0.39, 0.29) is 52.9 Å². The van der Waals surface area contributed by atoms with E-state index in [9.17, 15) is 19.2 Å². The molecular weight excluding hydrogens is 396 g/mol. The van der Waals surface area contributed by atoms with Gasteiger partial charge in [0.25, 0.3) is 0 Å². The molecule has 4 rings (SSSR count). The molecular formula is C25H34O6. The molecule has 0 aromatic heterocycles. The summed E-state index contributed by atoms with van der Waals surface area (Å²) < 4.78 is 11.0. The largest absolute Gasteiger partial charge is 0.462 e. The number of hydrogen-bond donors (Lipinski definition) is 0. The minimum Gasteiger partial charge on any atom is -0.462 e. The highest BCUT2D eigenvalue weighted by Gasteiger charge is 2.64. The van der Waals surface area contributed by atoms with Crippen LogP contribution in [0.2, 0.25) is 0 Å². The molecule has 6 heteroatoms. The molecule has 0 saturated heterocycles. The lowest BCUT2D eigenvalue weighted by atomic mass is 9.46. The van der Waals surface area contributed by atoms with Crippen LogP contribution < -0.4 is 0 Å². The number of esters is 2. The van der Waals surface area contributed by atoms with Crippen molar-refractivity contribution < 1.29 is 28.7 Å². The topological polar surface area (TPSA) is 86.7 Å². The highest BCUT2D eigenvalue weighted by molar-refractivity contribution is 5.91. The van der Waals surface area contributed by atoms with Crippen LogP contribution in [0.15, 0.2) is 11.6 Å². The van der Waals surface area contributed by atoms with Crippen LogP contribution in [0.3, 0.4) is 0 Å². The first-order valence-corrected chi connectivity index (χ1v) is 11.6. The monoisotopic (exact) mass is 430 g/mol. The van der Waals surface area contributed by atoms with Gasteiger partial charge in [-0.05, 0) is 67.3 Å². The van der Waals surface area contributed by atoms with Gasteiger partial charge >= 0.3 is 11.9 Å². The SMILES string of the molecule is CC(=O)OCC(=O)[C@H]1CCC2C3CCC4=CC(=O)CC[C@]4(C)C3[C@@H](OC(C)=O)C[C@@]21C. The number of hydrogen-bond acceptors (Lipinski definition) is 6. The summed E-state index contributed by atoms with van der Waals surface area (Å²) in [5, 5.41) is 0. The fourth-order valence-corrected chi connectivity index (χ4v) is 7.78. The second-order valence-corrected chi connectivity index (χ2v) is 10.6. The van der Waals surface area contributed by atoms with Crippen molar-refractivity contribution in [2.75, 3.05) is 6.61 Å². The van der Waals surface area contributed by atoms with E-state index in [1.54, 1.807) is 0 Å². The van der Waals surface area contributed by atoms with Crippen molar-refractivity contribution in [1.82, 2.24) is 0 Å². The van der Waals surface area contributed by atoms with Gasteiger partial charge in [-0.2, -0.15) is 0 Å². The molecule has 0 aromatic carbocycles. The molecule has 4 aliphatic rings. The maximum atomic E-state index is 13.0. The van der Waals surface area contributed by atoms with Crippen LogP contribution >= 0.6 is 0 Å². The number of carbonyl (C=O) groups excluding carboxylic acids is 4. The van der Waals surface area contributed by atoms with Gasteiger partial charge in [0.15, 0.2) is 11.6 Å². The first-order chi connectivity index (χ1) is 14.6. The fraction of sp³-hybridized carbons (Fsp3) is 0.760. The summed E-state index contributed by atoms with van der Waals surface area (Å²) in [5.74, 6) is 0.146. The fourth-order valence-electron chi connectivity index (χ4n) is 7.78. The average Bonchev–Trinajstić information content (AvgIpc) is 3.02. The van der Waals surface area contributed by atoms with E-state index in [0.717, 1.165) is 32.1 Å². The van der Waals surface area contributed by atoms with E-state index in [0.29, 0.717) is 24.7 Å². The Hall–Kier alpha value is -1.98. The van der Waals surface area contributed by atoms with Crippen LogP contribution in [0.1, 0.15) is 72.6 Å². The van der Waals surface area contributed by atoms with Gasteiger partial charge in [-0.3, -0.25) is 19.2 Å². The zero-order chi connectivity index (χ0) is 22.6. The Labute approximate surface area is 184 Å². The molecule has 7 atom stereocenters. The average molecular weight is 431 g/mol. The molecule has 0 amide bonds. The highest BCUT2D eigenvalue weighted by Crippen LogP contribution is 2.67. The molecule has 3 unspecified atom stereocenters. The van der Waals surface area contributed by atoms with Crippen LogP contribution in [-0.4, -0.2) is 36.2 Å². The third-order valence-electron chi connectivity index (χ3n) is 9.00. The number of carbonyl (C=O) groups is 4. The molecule has 0 aliphatic heterocycles. The molecule has 170 valence electrons. The standard InChI is InChI=1S/C25H34O6/c1-14(26)30-13-21(29)20-8-7-19-18-6-5-16-11-17(28)9-10-24(16,3)23(18)22(31-15(2)27)12-25(19,20)4/h11,18-20,22-23H,5-10,12-13H2,1-4H3/t18?,19?,20-,22+,23?,24+,25+/m1/s1. The Bertz CT molecular complexity index is 843. The minimum atomic E-state index is -0.444. The second kappa shape index (κ2) is 7.86. The molecule has 0 radical (unpaired) electrons. The lowest BCUT2D eigenvalue weighted by Crippen LogP contribution is -2.58. The van der Waals surface area contributed by atoms with Crippen LogP contribution in [0, 0.1) is 34.5 Å². The summed E-state index contributed by atoms with van der Waals surface area (Å²) in [6.45, 7) is 7.01. The van der Waals surface area contributed by atoms with Gasteiger partial charge in [0.05, 0.1) is 0 Å². The molecule has 3 saturated carbocycles. The van der Waals surface area contributed by atoms with E-state index in [1.807, 2.05) is 6.08 Å². The van der Waals surface area contributed by atoms with Crippen molar-refractivity contribution in [3.05, 3.63) is 11.6 Å². The predicted molar refractivity (Wildman–Crippen MR) is 113 cm³/mol. The molecule has 0 aromatic rings. The second-order valence-electron chi connectivity index (χ2n) is 10.6. The summed E-state index contributed by atoms with van der Waals surface area (Å²) in [6.07, 6.45) is 7.18.